The largest absolute Gasteiger partial charge is 0.283 e. The van der Waals surface area contributed by atoms with Crippen LogP contribution in [0.4, 0.5) is 0 Å². The number of rotatable bonds is 5. The van der Waals surface area contributed by atoms with E-state index < -0.39 is 0 Å². The van der Waals surface area contributed by atoms with Gasteiger partial charge in [-0.2, -0.15) is 0 Å². The molecule has 4 rings (SSSR count). The molecule has 0 amide bonds. The second-order valence-electron chi connectivity index (χ2n) is 8.61. The first-order chi connectivity index (χ1) is 13.8. The van der Waals surface area contributed by atoms with Gasteiger partial charge in [-0.3, -0.25) is 9.98 Å². The van der Waals surface area contributed by atoms with Crippen LogP contribution in [-0.4, -0.2) is 28.7 Å². The molecule has 0 spiro atoms. The summed E-state index contributed by atoms with van der Waals surface area (Å²) in [5, 5.41) is 0. The molecule has 1 fully saturated rings. The van der Waals surface area contributed by atoms with Crippen molar-refractivity contribution in [2.24, 2.45) is 21.2 Å². The minimum Gasteiger partial charge on any atom is -0.283 e. The molecule has 0 radical (unpaired) electrons. The van der Waals surface area contributed by atoms with Crippen molar-refractivity contribution in [3.05, 3.63) is 41.2 Å². The monoisotopic (exact) mass is 395 g/mol. The number of fused-ring (bicyclic) bond motifs is 1. The summed E-state index contributed by atoms with van der Waals surface area (Å²) in [6, 6.07) is 4.38. The van der Waals surface area contributed by atoms with Crippen LogP contribution in [0, 0.1) is 18.8 Å². The van der Waals surface area contributed by atoms with Crippen LogP contribution < -0.4 is 0 Å². The molecule has 4 heteroatoms. The highest BCUT2D eigenvalue weighted by atomic mass is 32.2. The Bertz CT molecular complexity index is 748. The summed E-state index contributed by atoms with van der Waals surface area (Å²) < 4.78 is 4.80. The van der Waals surface area contributed by atoms with Crippen molar-refractivity contribution in [2.75, 3.05) is 12.3 Å². The first-order valence-corrected chi connectivity index (χ1v) is 12.1. The number of pyridine rings is 1. The third-order valence-corrected chi connectivity index (χ3v) is 7.22. The second-order valence-corrected chi connectivity index (χ2v) is 9.46. The average Bonchev–Trinajstić information content (AvgIpc) is 2.71. The number of aryl methyl sites for hydroxylation is 2. The van der Waals surface area contributed by atoms with Gasteiger partial charge >= 0.3 is 0 Å². The van der Waals surface area contributed by atoms with E-state index >= 15 is 0 Å². The summed E-state index contributed by atoms with van der Waals surface area (Å²) in [5.41, 5.74) is 6.56. The van der Waals surface area contributed by atoms with E-state index in [1.54, 1.807) is 11.9 Å². The van der Waals surface area contributed by atoms with E-state index in [1.165, 1.54) is 79.6 Å². The molecule has 3 aliphatic rings. The Labute approximate surface area is 174 Å². The highest BCUT2D eigenvalue weighted by Crippen LogP contribution is 2.35. The molecule has 1 aliphatic carbocycles. The van der Waals surface area contributed by atoms with Gasteiger partial charge < -0.3 is 0 Å². The standard InChI is InChI=1S/C24H33N3S/c1-18-9-12-21(26-17-18)8-4-6-19-5-2-3-7-20(11-10-19)22-13-15-25-23-14-16-28-27-24(22)23/h9,12-13,17,19-20H,2-8,10-11,14-16H2,1H3. The van der Waals surface area contributed by atoms with Gasteiger partial charge in [0, 0.05) is 24.1 Å². The Morgan fingerprint density at radius 2 is 2.04 bits per heavy atom. The van der Waals surface area contributed by atoms with Crippen molar-refractivity contribution in [2.45, 2.75) is 71.1 Å². The van der Waals surface area contributed by atoms with Gasteiger partial charge in [0.05, 0.1) is 18.0 Å². The summed E-state index contributed by atoms with van der Waals surface area (Å²) in [7, 11) is 0. The van der Waals surface area contributed by atoms with Gasteiger partial charge in [0.25, 0.3) is 0 Å². The lowest BCUT2D eigenvalue weighted by Crippen LogP contribution is -2.28. The lowest BCUT2D eigenvalue weighted by Gasteiger charge is -2.30. The van der Waals surface area contributed by atoms with Gasteiger partial charge in [-0.1, -0.05) is 37.8 Å². The zero-order valence-corrected chi connectivity index (χ0v) is 18.0. The van der Waals surface area contributed by atoms with E-state index in [-0.39, 0.29) is 0 Å². The predicted molar refractivity (Wildman–Crippen MR) is 121 cm³/mol. The smallest absolute Gasteiger partial charge is 0.0955 e. The van der Waals surface area contributed by atoms with E-state index in [2.05, 4.69) is 30.1 Å². The fraction of sp³-hybridized carbons (Fsp3) is 0.625. The molecule has 3 heterocycles. The molecule has 3 nitrogen and oxygen atoms in total. The van der Waals surface area contributed by atoms with Crippen molar-refractivity contribution >= 4 is 23.4 Å². The Morgan fingerprint density at radius 3 is 2.93 bits per heavy atom. The molecule has 2 unspecified atom stereocenters. The van der Waals surface area contributed by atoms with Crippen molar-refractivity contribution in [1.82, 2.24) is 4.98 Å². The maximum Gasteiger partial charge on any atom is 0.0955 e. The van der Waals surface area contributed by atoms with Crippen LogP contribution in [0.1, 0.15) is 69.0 Å². The summed E-state index contributed by atoms with van der Waals surface area (Å²) in [6.07, 6.45) is 17.4. The van der Waals surface area contributed by atoms with E-state index in [9.17, 15) is 0 Å². The van der Waals surface area contributed by atoms with Crippen LogP contribution in [0.25, 0.3) is 0 Å². The number of dihydropyridines is 1. The molecular weight excluding hydrogens is 362 g/mol. The summed E-state index contributed by atoms with van der Waals surface area (Å²) in [4.78, 5) is 9.29. The van der Waals surface area contributed by atoms with Crippen LogP contribution in [0.2, 0.25) is 0 Å². The number of allylic oxidation sites excluding steroid dienone is 1. The van der Waals surface area contributed by atoms with Crippen LogP contribution in [0.5, 0.6) is 0 Å². The van der Waals surface area contributed by atoms with Gasteiger partial charge in [-0.05, 0) is 80.0 Å². The Kier molecular flexibility index (Phi) is 7.00. The highest BCUT2D eigenvalue weighted by Gasteiger charge is 2.28. The average molecular weight is 396 g/mol. The predicted octanol–water partition coefficient (Wildman–Crippen LogP) is 6.17. The maximum atomic E-state index is 4.80. The second kappa shape index (κ2) is 9.87. The maximum absolute atomic E-state index is 4.80. The molecule has 0 saturated heterocycles. The fourth-order valence-corrected chi connectivity index (χ4v) is 5.59. The quantitative estimate of drug-likeness (QED) is 0.559. The lowest BCUT2D eigenvalue weighted by atomic mass is 9.78. The topological polar surface area (TPSA) is 37.6 Å². The van der Waals surface area contributed by atoms with E-state index in [0.29, 0.717) is 5.92 Å². The minimum atomic E-state index is 0.699. The third-order valence-electron chi connectivity index (χ3n) is 6.52. The van der Waals surface area contributed by atoms with Gasteiger partial charge in [0.2, 0.25) is 0 Å². The van der Waals surface area contributed by atoms with Gasteiger partial charge in [0.1, 0.15) is 0 Å². The molecule has 1 aromatic heterocycles. The van der Waals surface area contributed by atoms with Crippen molar-refractivity contribution in [3.8, 4) is 0 Å². The zero-order chi connectivity index (χ0) is 19.2. The van der Waals surface area contributed by atoms with Gasteiger partial charge in [-0.25, -0.2) is 4.40 Å². The summed E-state index contributed by atoms with van der Waals surface area (Å²) in [5.74, 6) is 2.68. The highest BCUT2D eigenvalue weighted by molar-refractivity contribution is 7.98. The summed E-state index contributed by atoms with van der Waals surface area (Å²) in [6.45, 7) is 2.98. The molecule has 1 aromatic rings. The number of aromatic nitrogens is 1. The lowest BCUT2D eigenvalue weighted by molar-refractivity contribution is 0.319. The van der Waals surface area contributed by atoms with Crippen LogP contribution in [0.15, 0.2) is 39.4 Å². The molecular formula is C24H33N3S. The normalized spacial score (nSPS) is 25.7. The van der Waals surface area contributed by atoms with Gasteiger partial charge in [-0.15, -0.1) is 0 Å². The molecule has 0 aromatic carbocycles. The van der Waals surface area contributed by atoms with Crippen molar-refractivity contribution in [3.63, 3.8) is 0 Å². The Hall–Kier alpha value is -1.42. The third kappa shape index (κ3) is 5.14. The zero-order valence-electron chi connectivity index (χ0n) is 17.2. The van der Waals surface area contributed by atoms with Crippen LogP contribution >= 0.6 is 11.9 Å². The van der Waals surface area contributed by atoms with Gasteiger partial charge in [0.15, 0.2) is 0 Å². The van der Waals surface area contributed by atoms with Crippen molar-refractivity contribution < 1.29 is 0 Å². The summed E-state index contributed by atoms with van der Waals surface area (Å²) >= 11 is 1.73. The fourth-order valence-electron chi connectivity index (χ4n) is 4.87. The Morgan fingerprint density at radius 1 is 1.11 bits per heavy atom. The first kappa shape index (κ1) is 19.9. The molecule has 150 valence electrons. The van der Waals surface area contributed by atoms with Crippen molar-refractivity contribution in [1.29, 1.82) is 0 Å². The minimum absolute atomic E-state index is 0.699. The molecule has 0 N–H and O–H groups in total. The SMILES string of the molecule is Cc1ccc(CCCC2CCCCC(C3=CCN=C4CCSN=C34)CC2)nc1. The first-order valence-electron chi connectivity index (χ1n) is 11.1. The number of hydrogen-bond acceptors (Lipinski definition) is 4. The number of nitrogens with zero attached hydrogens (tertiary/aromatic N) is 3. The number of hydrogen-bond donors (Lipinski definition) is 0. The molecule has 0 bridgehead atoms. The molecule has 28 heavy (non-hydrogen) atoms. The van der Waals surface area contributed by atoms with E-state index in [0.717, 1.165) is 31.1 Å². The van der Waals surface area contributed by atoms with Crippen LogP contribution in [-0.2, 0) is 6.42 Å². The molecule has 2 aliphatic heterocycles. The van der Waals surface area contributed by atoms with Crippen LogP contribution in [0.3, 0.4) is 0 Å². The molecule has 1 saturated carbocycles. The number of aliphatic imine (C=N–C) groups is 1. The van der Waals surface area contributed by atoms with E-state index in [1.807, 2.05) is 6.20 Å². The molecule has 2 atom stereocenters. The van der Waals surface area contributed by atoms with E-state index in [4.69, 9.17) is 9.39 Å². The Balaban J connectivity index is 1.30.